The second-order valence-corrected chi connectivity index (χ2v) is 10.3. The van der Waals surface area contributed by atoms with E-state index in [9.17, 15) is 4.79 Å². The molecule has 5 nitrogen and oxygen atoms in total. The Morgan fingerprint density at radius 1 is 1.19 bits per heavy atom. The summed E-state index contributed by atoms with van der Waals surface area (Å²) in [6.45, 7) is 12.2. The lowest BCUT2D eigenvalue weighted by molar-refractivity contribution is 0.140. The molecule has 2 saturated heterocycles. The summed E-state index contributed by atoms with van der Waals surface area (Å²) in [6, 6.07) is 6.49. The van der Waals surface area contributed by atoms with E-state index in [1.54, 1.807) is 0 Å². The van der Waals surface area contributed by atoms with Crippen LogP contribution in [0.2, 0.25) is 0 Å². The number of ether oxygens (including phenoxy) is 1. The Labute approximate surface area is 197 Å². The van der Waals surface area contributed by atoms with Crippen LogP contribution in [-0.2, 0) is 6.42 Å². The van der Waals surface area contributed by atoms with Crippen molar-refractivity contribution in [2.24, 2.45) is 11.8 Å². The molecule has 2 amide bonds. The highest BCUT2D eigenvalue weighted by atomic mass is 79.9. The van der Waals surface area contributed by atoms with E-state index in [1.165, 1.54) is 55.4 Å². The molecule has 2 fully saturated rings. The number of piperidine rings is 2. The van der Waals surface area contributed by atoms with Gasteiger partial charge >= 0.3 is 6.03 Å². The fraction of sp³-hybridized carbons (Fsp3) is 0.720. The van der Waals surface area contributed by atoms with Crippen molar-refractivity contribution in [3.8, 4) is 5.75 Å². The molecule has 1 N–H and O–H groups in total. The van der Waals surface area contributed by atoms with E-state index >= 15 is 0 Å². The first-order valence-electron chi connectivity index (χ1n) is 12.1. The second kappa shape index (κ2) is 12.1. The van der Waals surface area contributed by atoms with Crippen molar-refractivity contribution < 1.29 is 9.53 Å². The van der Waals surface area contributed by atoms with Gasteiger partial charge in [0.25, 0.3) is 0 Å². The van der Waals surface area contributed by atoms with Gasteiger partial charge in [0.2, 0.25) is 0 Å². The van der Waals surface area contributed by atoms with Crippen LogP contribution in [0.15, 0.2) is 22.7 Å². The molecule has 0 spiro atoms. The van der Waals surface area contributed by atoms with Crippen molar-refractivity contribution >= 4 is 22.0 Å². The third-order valence-electron chi connectivity index (χ3n) is 6.59. The normalized spacial score (nSPS) is 20.8. The van der Waals surface area contributed by atoms with Crippen molar-refractivity contribution in [3.05, 3.63) is 28.2 Å². The monoisotopic (exact) mass is 493 g/mol. The van der Waals surface area contributed by atoms with E-state index in [4.69, 9.17) is 4.74 Å². The van der Waals surface area contributed by atoms with Crippen LogP contribution in [-0.4, -0.2) is 61.2 Å². The lowest BCUT2D eigenvalue weighted by Crippen LogP contribution is -2.46. The van der Waals surface area contributed by atoms with E-state index in [2.05, 4.69) is 58.2 Å². The highest BCUT2D eigenvalue weighted by Gasteiger charge is 2.25. The van der Waals surface area contributed by atoms with Crippen LogP contribution in [0.3, 0.4) is 0 Å². The Hall–Kier alpha value is -1.27. The lowest BCUT2D eigenvalue weighted by atomic mass is 9.89. The van der Waals surface area contributed by atoms with Crippen LogP contribution in [0.25, 0.3) is 0 Å². The number of halogens is 1. The summed E-state index contributed by atoms with van der Waals surface area (Å²) < 4.78 is 7.08. The molecule has 31 heavy (non-hydrogen) atoms. The number of amides is 2. The molecule has 0 aliphatic carbocycles. The van der Waals surface area contributed by atoms with Crippen LogP contribution in [0, 0.1) is 11.8 Å². The average Bonchev–Trinajstić information content (AvgIpc) is 2.75. The molecular weight excluding hydrogens is 454 g/mol. The Kier molecular flexibility index (Phi) is 9.51. The van der Waals surface area contributed by atoms with E-state index < -0.39 is 0 Å². The molecule has 6 heteroatoms. The summed E-state index contributed by atoms with van der Waals surface area (Å²) >= 11 is 3.73. The summed E-state index contributed by atoms with van der Waals surface area (Å²) in [4.78, 5) is 16.8. The van der Waals surface area contributed by atoms with Gasteiger partial charge in [0.15, 0.2) is 0 Å². The number of hydrogen-bond acceptors (Lipinski definition) is 3. The van der Waals surface area contributed by atoms with Gasteiger partial charge in [0.1, 0.15) is 5.75 Å². The largest absolute Gasteiger partial charge is 0.491 e. The molecule has 174 valence electrons. The number of urea groups is 1. The summed E-state index contributed by atoms with van der Waals surface area (Å²) in [5.74, 6) is 2.36. The number of carbonyl (C=O) groups excluding carboxylic acids is 1. The maximum atomic E-state index is 12.1. The summed E-state index contributed by atoms with van der Waals surface area (Å²) in [6.07, 6.45) is 7.45. The standard InChI is InChI=1S/C25H40BrN3O2/c1-4-27-25(30)29-12-5-6-21(18-29)11-15-28-13-9-20(10-14-28)16-22-17-23(31-19(2)3)7-8-24(22)26/h7-8,17,19-21H,4-6,9-16,18H2,1-3H3,(H,27,30). The molecule has 1 aromatic carbocycles. The number of likely N-dealkylation sites (tertiary alicyclic amines) is 2. The van der Waals surface area contributed by atoms with E-state index in [-0.39, 0.29) is 12.1 Å². The predicted molar refractivity (Wildman–Crippen MR) is 131 cm³/mol. The summed E-state index contributed by atoms with van der Waals surface area (Å²) in [5, 5.41) is 2.95. The first kappa shape index (κ1) is 24.4. The van der Waals surface area contributed by atoms with Gasteiger partial charge in [0.05, 0.1) is 6.10 Å². The van der Waals surface area contributed by atoms with E-state index in [0.717, 1.165) is 37.6 Å². The molecule has 1 unspecified atom stereocenters. The van der Waals surface area contributed by atoms with Gasteiger partial charge in [0, 0.05) is 24.1 Å². The zero-order chi connectivity index (χ0) is 22.2. The third kappa shape index (κ3) is 7.67. The van der Waals surface area contributed by atoms with Crippen molar-refractivity contribution in [2.45, 2.75) is 65.4 Å². The molecular formula is C25H40BrN3O2. The Morgan fingerprint density at radius 3 is 2.68 bits per heavy atom. The van der Waals surface area contributed by atoms with Crippen molar-refractivity contribution in [1.82, 2.24) is 15.1 Å². The number of hydrogen-bond donors (Lipinski definition) is 1. The van der Waals surface area contributed by atoms with E-state index in [0.29, 0.717) is 12.5 Å². The number of benzene rings is 1. The van der Waals surface area contributed by atoms with Gasteiger partial charge in [-0.25, -0.2) is 4.79 Å². The van der Waals surface area contributed by atoms with Gasteiger partial charge in [-0.05, 0) is 115 Å². The van der Waals surface area contributed by atoms with Crippen molar-refractivity contribution in [1.29, 1.82) is 0 Å². The topological polar surface area (TPSA) is 44.8 Å². The molecule has 1 aromatic rings. The SMILES string of the molecule is CCNC(=O)N1CCCC(CCN2CCC(Cc3cc(OC(C)C)ccc3Br)CC2)C1. The molecule has 2 aliphatic rings. The van der Waals surface area contributed by atoms with Crippen molar-refractivity contribution in [2.75, 3.05) is 39.3 Å². The highest BCUT2D eigenvalue weighted by molar-refractivity contribution is 9.10. The zero-order valence-electron chi connectivity index (χ0n) is 19.5. The van der Waals surface area contributed by atoms with Gasteiger partial charge in [-0.3, -0.25) is 0 Å². The quantitative estimate of drug-likeness (QED) is 0.532. The van der Waals surface area contributed by atoms with Crippen LogP contribution < -0.4 is 10.1 Å². The molecule has 1 atom stereocenters. The number of nitrogens with one attached hydrogen (secondary N) is 1. The fourth-order valence-electron chi connectivity index (χ4n) is 4.89. The summed E-state index contributed by atoms with van der Waals surface area (Å²) in [7, 11) is 0. The first-order valence-corrected chi connectivity index (χ1v) is 12.9. The molecule has 0 bridgehead atoms. The molecule has 0 saturated carbocycles. The number of nitrogens with zero attached hydrogens (tertiary/aromatic N) is 2. The first-order chi connectivity index (χ1) is 14.9. The van der Waals surface area contributed by atoms with Crippen molar-refractivity contribution in [3.63, 3.8) is 0 Å². The molecule has 3 rings (SSSR count). The van der Waals surface area contributed by atoms with Crippen LogP contribution >= 0.6 is 15.9 Å². The average molecular weight is 495 g/mol. The van der Waals surface area contributed by atoms with Gasteiger partial charge in [-0.1, -0.05) is 15.9 Å². The minimum absolute atomic E-state index is 0.113. The second-order valence-electron chi connectivity index (χ2n) is 9.49. The zero-order valence-corrected chi connectivity index (χ0v) is 21.1. The maximum Gasteiger partial charge on any atom is 0.317 e. The Morgan fingerprint density at radius 2 is 1.97 bits per heavy atom. The smallest absolute Gasteiger partial charge is 0.317 e. The van der Waals surface area contributed by atoms with E-state index in [1.807, 2.05) is 11.8 Å². The molecule has 2 heterocycles. The Balaban J connectivity index is 1.40. The maximum absolute atomic E-state index is 12.1. The third-order valence-corrected chi connectivity index (χ3v) is 7.37. The molecule has 0 aromatic heterocycles. The fourth-order valence-corrected chi connectivity index (χ4v) is 5.30. The Bertz CT molecular complexity index is 704. The van der Waals surface area contributed by atoms with Gasteiger partial charge < -0.3 is 19.9 Å². The lowest BCUT2D eigenvalue weighted by Gasteiger charge is -2.36. The van der Waals surface area contributed by atoms with Gasteiger partial charge in [-0.2, -0.15) is 0 Å². The van der Waals surface area contributed by atoms with Gasteiger partial charge in [-0.15, -0.1) is 0 Å². The van der Waals surface area contributed by atoms with Crippen LogP contribution in [0.1, 0.15) is 58.4 Å². The summed E-state index contributed by atoms with van der Waals surface area (Å²) in [5.41, 5.74) is 1.37. The minimum atomic E-state index is 0.113. The highest BCUT2D eigenvalue weighted by Crippen LogP contribution is 2.29. The molecule has 2 aliphatic heterocycles. The predicted octanol–water partition coefficient (Wildman–Crippen LogP) is 5.32. The van der Waals surface area contributed by atoms with Crippen LogP contribution in [0.4, 0.5) is 4.79 Å². The minimum Gasteiger partial charge on any atom is -0.491 e. The molecule has 0 radical (unpaired) electrons. The number of carbonyl (C=O) groups is 1. The number of rotatable bonds is 8. The van der Waals surface area contributed by atoms with Crippen LogP contribution in [0.5, 0.6) is 5.75 Å².